The molecule has 1 aliphatic carbocycles. The molecule has 2 bridgehead atoms. The number of anilines is 1. The minimum absolute atomic E-state index is 0.0124. The van der Waals surface area contributed by atoms with E-state index in [1.807, 2.05) is 6.07 Å². The molecule has 2 aliphatic rings. The van der Waals surface area contributed by atoms with E-state index in [1.54, 1.807) is 12.1 Å². The van der Waals surface area contributed by atoms with Gasteiger partial charge in [-0.05, 0) is 43.9 Å². The van der Waals surface area contributed by atoms with Crippen LogP contribution in [0.25, 0.3) is 0 Å². The Labute approximate surface area is 120 Å². The van der Waals surface area contributed by atoms with Gasteiger partial charge in [-0.1, -0.05) is 15.9 Å². The van der Waals surface area contributed by atoms with Gasteiger partial charge in [0.15, 0.2) is 0 Å². The molecule has 5 nitrogen and oxygen atoms in total. The Bertz CT molecular complexity index is 519. The maximum atomic E-state index is 11.1. The number of benzene rings is 1. The number of rotatable bonds is 3. The first-order chi connectivity index (χ1) is 9.08. The van der Waals surface area contributed by atoms with Crippen molar-refractivity contribution in [2.24, 2.45) is 5.92 Å². The van der Waals surface area contributed by atoms with Gasteiger partial charge in [0.05, 0.1) is 10.5 Å². The summed E-state index contributed by atoms with van der Waals surface area (Å²) in [7, 11) is 0. The Kier molecular flexibility index (Phi) is 3.22. The number of hydrogen-bond donors (Lipinski definition) is 2. The maximum Gasteiger partial charge on any atom is 0.293 e. The van der Waals surface area contributed by atoms with E-state index in [0.29, 0.717) is 11.6 Å². The third-order valence-electron chi connectivity index (χ3n) is 4.16. The van der Waals surface area contributed by atoms with Gasteiger partial charge < -0.3 is 10.6 Å². The first kappa shape index (κ1) is 12.9. The van der Waals surface area contributed by atoms with Crippen LogP contribution in [0.4, 0.5) is 11.4 Å². The van der Waals surface area contributed by atoms with Gasteiger partial charge in [-0.25, -0.2) is 0 Å². The molecule has 0 aromatic heterocycles. The van der Waals surface area contributed by atoms with Crippen molar-refractivity contribution in [2.75, 3.05) is 18.4 Å². The van der Waals surface area contributed by atoms with Gasteiger partial charge in [-0.15, -0.1) is 0 Å². The molecule has 1 heterocycles. The van der Waals surface area contributed by atoms with Gasteiger partial charge in [0.25, 0.3) is 5.69 Å². The second-order valence-corrected chi connectivity index (χ2v) is 6.48. The number of nitrogens with one attached hydrogen (secondary N) is 2. The van der Waals surface area contributed by atoms with Crippen LogP contribution in [0.1, 0.15) is 19.3 Å². The quantitative estimate of drug-likeness (QED) is 0.662. The SMILES string of the molecule is O=[N+]([O-])c1cc(Br)ccc1NC12CCC(CNC1)C2. The van der Waals surface area contributed by atoms with Crippen molar-refractivity contribution in [1.29, 1.82) is 0 Å². The van der Waals surface area contributed by atoms with Crippen LogP contribution in [0.2, 0.25) is 0 Å². The van der Waals surface area contributed by atoms with Gasteiger partial charge >= 0.3 is 0 Å². The number of hydrogen-bond acceptors (Lipinski definition) is 4. The van der Waals surface area contributed by atoms with E-state index in [-0.39, 0.29) is 16.1 Å². The normalized spacial score (nSPS) is 29.2. The summed E-state index contributed by atoms with van der Waals surface area (Å²) in [5, 5.41) is 18.0. The zero-order valence-electron chi connectivity index (χ0n) is 10.5. The highest BCUT2D eigenvalue weighted by Crippen LogP contribution is 2.41. The van der Waals surface area contributed by atoms with Crippen LogP contribution in [0.15, 0.2) is 22.7 Å². The fourth-order valence-electron chi connectivity index (χ4n) is 3.29. The number of fused-ring (bicyclic) bond motifs is 2. The lowest BCUT2D eigenvalue weighted by Crippen LogP contribution is -2.49. The van der Waals surface area contributed by atoms with Crippen LogP contribution in [0.5, 0.6) is 0 Å². The van der Waals surface area contributed by atoms with E-state index < -0.39 is 0 Å². The molecule has 6 heteroatoms. The van der Waals surface area contributed by atoms with E-state index in [2.05, 4.69) is 26.6 Å². The first-order valence-corrected chi connectivity index (χ1v) is 7.30. The van der Waals surface area contributed by atoms with Crippen molar-refractivity contribution in [3.8, 4) is 0 Å². The second-order valence-electron chi connectivity index (χ2n) is 5.56. The molecule has 2 atom stereocenters. The topological polar surface area (TPSA) is 67.2 Å². The zero-order chi connectivity index (χ0) is 13.5. The Balaban J connectivity index is 1.89. The van der Waals surface area contributed by atoms with Crippen LogP contribution in [-0.4, -0.2) is 23.6 Å². The minimum Gasteiger partial charge on any atom is -0.373 e. The van der Waals surface area contributed by atoms with Crippen molar-refractivity contribution in [3.63, 3.8) is 0 Å². The summed E-state index contributed by atoms with van der Waals surface area (Å²) in [6.07, 6.45) is 3.38. The molecule has 1 aromatic carbocycles. The Morgan fingerprint density at radius 1 is 1.53 bits per heavy atom. The molecule has 2 unspecified atom stereocenters. The summed E-state index contributed by atoms with van der Waals surface area (Å²) in [5.74, 6) is 0.704. The predicted molar refractivity (Wildman–Crippen MR) is 77.4 cm³/mol. The molecule has 102 valence electrons. The smallest absolute Gasteiger partial charge is 0.293 e. The van der Waals surface area contributed by atoms with Crippen molar-refractivity contribution in [1.82, 2.24) is 5.32 Å². The first-order valence-electron chi connectivity index (χ1n) is 6.51. The van der Waals surface area contributed by atoms with Crippen molar-refractivity contribution in [2.45, 2.75) is 24.8 Å². The van der Waals surface area contributed by atoms with Gasteiger partial charge in [-0.2, -0.15) is 0 Å². The zero-order valence-corrected chi connectivity index (χ0v) is 12.1. The van der Waals surface area contributed by atoms with Crippen molar-refractivity contribution in [3.05, 3.63) is 32.8 Å². The van der Waals surface area contributed by atoms with Gasteiger partial charge in [0, 0.05) is 17.1 Å². The minimum atomic E-state index is -0.327. The standard InChI is InChI=1S/C13H16BrN3O2/c14-10-1-2-11(12(5-10)17(18)19)16-13-4-3-9(6-13)7-15-8-13/h1-2,5,9,15-16H,3-4,6-8H2. The fraction of sp³-hybridized carbons (Fsp3) is 0.538. The summed E-state index contributed by atoms with van der Waals surface area (Å²) in [5.41, 5.74) is 0.747. The molecule has 2 fully saturated rings. The molecule has 1 aliphatic heterocycles. The van der Waals surface area contributed by atoms with Gasteiger partial charge in [0.1, 0.15) is 5.69 Å². The third-order valence-corrected chi connectivity index (χ3v) is 4.66. The predicted octanol–water partition coefficient (Wildman–Crippen LogP) is 2.91. The van der Waals surface area contributed by atoms with E-state index in [1.165, 1.54) is 6.42 Å². The third kappa shape index (κ3) is 2.47. The highest BCUT2D eigenvalue weighted by Gasteiger charge is 2.42. The second kappa shape index (κ2) is 4.76. The Morgan fingerprint density at radius 3 is 3.16 bits per heavy atom. The number of nitro benzene ring substituents is 1. The summed E-state index contributed by atoms with van der Waals surface area (Å²) < 4.78 is 0.730. The molecular formula is C13H16BrN3O2. The van der Waals surface area contributed by atoms with E-state index in [4.69, 9.17) is 0 Å². The molecule has 0 amide bonds. The number of nitrogens with zero attached hydrogens (tertiary/aromatic N) is 1. The van der Waals surface area contributed by atoms with Gasteiger partial charge in [-0.3, -0.25) is 10.1 Å². The maximum absolute atomic E-state index is 11.1. The Hall–Kier alpha value is -1.14. The highest BCUT2D eigenvalue weighted by atomic mass is 79.9. The molecular weight excluding hydrogens is 310 g/mol. The molecule has 1 saturated heterocycles. The van der Waals surface area contributed by atoms with Crippen molar-refractivity contribution < 1.29 is 4.92 Å². The number of piperidine rings is 1. The summed E-state index contributed by atoms with van der Waals surface area (Å²) in [6.45, 7) is 1.96. The monoisotopic (exact) mass is 325 g/mol. The number of nitro groups is 1. The van der Waals surface area contributed by atoms with Gasteiger partial charge in [0.2, 0.25) is 0 Å². The summed E-state index contributed by atoms with van der Waals surface area (Å²) in [4.78, 5) is 10.8. The average molecular weight is 326 g/mol. The average Bonchev–Trinajstić information content (AvgIpc) is 2.66. The fourth-order valence-corrected chi connectivity index (χ4v) is 3.64. The molecule has 1 saturated carbocycles. The van der Waals surface area contributed by atoms with E-state index in [9.17, 15) is 10.1 Å². The highest BCUT2D eigenvalue weighted by molar-refractivity contribution is 9.10. The Morgan fingerprint density at radius 2 is 2.37 bits per heavy atom. The van der Waals surface area contributed by atoms with E-state index in [0.717, 1.165) is 30.4 Å². The summed E-state index contributed by atoms with van der Waals surface area (Å²) >= 11 is 3.28. The largest absolute Gasteiger partial charge is 0.373 e. The van der Waals surface area contributed by atoms with Crippen LogP contribution in [0.3, 0.4) is 0 Å². The molecule has 19 heavy (non-hydrogen) atoms. The van der Waals surface area contributed by atoms with E-state index >= 15 is 0 Å². The van der Waals surface area contributed by atoms with Crippen LogP contribution < -0.4 is 10.6 Å². The number of halogens is 1. The lowest BCUT2D eigenvalue weighted by Gasteiger charge is -2.35. The lowest BCUT2D eigenvalue weighted by molar-refractivity contribution is -0.384. The summed E-state index contributed by atoms with van der Waals surface area (Å²) in [6, 6.07) is 5.19. The van der Waals surface area contributed by atoms with Crippen LogP contribution in [-0.2, 0) is 0 Å². The van der Waals surface area contributed by atoms with Crippen LogP contribution in [0, 0.1) is 16.0 Å². The molecule has 1 aromatic rings. The lowest BCUT2D eigenvalue weighted by atomic mass is 9.92. The molecule has 2 N–H and O–H groups in total. The molecule has 3 rings (SSSR count). The van der Waals surface area contributed by atoms with Crippen LogP contribution >= 0.6 is 15.9 Å². The van der Waals surface area contributed by atoms with Crippen molar-refractivity contribution >= 4 is 27.3 Å². The molecule has 0 radical (unpaired) electrons. The molecule has 0 spiro atoms.